The number of nitrogens with zero attached hydrogens (tertiary/aromatic N) is 2. The molecular formula is C42H42N4Na2O6. The molecule has 8 aliphatic carbocycles. The van der Waals surface area contributed by atoms with Gasteiger partial charge < -0.3 is 29.8 Å². The zero-order valence-corrected chi connectivity index (χ0v) is 35.1. The molecule has 2 aromatic heterocycles. The van der Waals surface area contributed by atoms with Gasteiger partial charge in [-0.15, -0.1) is 0 Å². The number of hydrogen-bond donors (Lipinski definition) is 2. The third-order valence-electron chi connectivity index (χ3n) is 13.4. The molecule has 0 unspecified atom stereocenters. The van der Waals surface area contributed by atoms with Crippen molar-refractivity contribution in [1.82, 2.24) is 19.9 Å². The van der Waals surface area contributed by atoms with Gasteiger partial charge in [0.15, 0.2) is 0 Å². The van der Waals surface area contributed by atoms with E-state index < -0.39 is 23.1 Å². The van der Waals surface area contributed by atoms with Crippen LogP contribution in [0.15, 0.2) is 70.3 Å². The molecule has 12 heteroatoms. The third-order valence-corrected chi connectivity index (χ3v) is 13.4. The molecule has 2 heterocycles. The van der Waals surface area contributed by atoms with Gasteiger partial charge in [0.2, 0.25) is 0 Å². The van der Waals surface area contributed by atoms with Crippen molar-refractivity contribution in [3.8, 4) is 22.5 Å². The summed E-state index contributed by atoms with van der Waals surface area (Å²) in [7, 11) is 0. The van der Waals surface area contributed by atoms with Gasteiger partial charge in [-0.1, -0.05) is 60.7 Å². The zero-order chi connectivity index (χ0) is 35.8. The van der Waals surface area contributed by atoms with E-state index in [2.05, 4.69) is 9.97 Å². The van der Waals surface area contributed by atoms with Gasteiger partial charge >= 0.3 is 59.1 Å². The van der Waals surface area contributed by atoms with E-state index in [1.807, 2.05) is 36.4 Å². The first kappa shape index (κ1) is 39.4. The minimum Gasteiger partial charge on any atom is -0.545 e. The predicted molar refractivity (Wildman–Crippen MR) is 189 cm³/mol. The van der Waals surface area contributed by atoms with E-state index in [-0.39, 0.29) is 92.5 Å². The molecule has 10 nitrogen and oxygen atoms in total. The largest absolute Gasteiger partial charge is 1.00 e. The summed E-state index contributed by atoms with van der Waals surface area (Å²) in [6, 6.07) is 18.2. The van der Waals surface area contributed by atoms with Crippen LogP contribution in [0.3, 0.4) is 0 Å². The summed E-state index contributed by atoms with van der Waals surface area (Å²) >= 11 is 0. The summed E-state index contributed by atoms with van der Waals surface area (Å²) in [5.41, 5.74) is -0.361. The molecule has 8 aliphatic rings. The molecule has 0 spiro atoms. The number of carboxylic acids is 2. The maximum Gasteiger partial charge on any atom is 1.00 e. The minimum atomic E-state index is -1.48. The Morgan fingerprint density at radius 2 is 0.796 bits per heavy atom. The fourth-order valence-electron chi connectivity index (χ4n) is 12.2. The van der Waals surface area contributed by atoms with Crippen LogP contribution in [0.1, 0.15) is 109 Å². The SMILES string of the molecule is O=C([O-])c1c(-c2ccccc2)nc(C23CC4CC(CC(C4)C2)C3)[nH]c1=O.O=C([O-])c1c(-c2ccccc2)nc(C23CC4CC(CC(C4)C2)C3)[nH]c1=O.[Na+].[Na+]. The molecule has 8 bridgehead atoms. The van der Waals surface area contributed by atoms with Crippen LogP contribution in [0.4, 0.5) is 0 Å². The van der Waals surface area contributed by atoms with Gasteiger partial charge in [0.25, 0.3) is 11.1 Å². The first-order chi connectivity index (χ1) is 25.1. The molecule has 0 atom stereocenters. The Labute approximate surface area is 358 Å². The van der Waals surface area contributed by atoms with Crippen LogP contribution in [-0.4, -0.2) is 31.9 Å². The van der Waals surface area contributed by atoms with Gasteiger partial charge in [0.05, 0.1) is 34.5 Å². The number of hydrogen-bond acceptors (Lipinski definition) is 8. The van der Waals surface area contributed by atoms with Crippen LogP contribution in [0.2, 0.25) is 0 Å². The average molecular weight is 745 g/mol. The Morgan fingerprint density at radius 3 is 1.06 bits per heavy atom. The Balaban J connectivity index is 0.000000161. The number of carboxylic acid groups (broad SMARTS) is 2. The number of aromatic amines is 2. The molecule has 0 amide bonds. The molecule has 268 valence electrons. The van der Waals surface area contributed by atoms with Crippen LogP contribution >= 0.6 is 0 Å². The van der Waals surface area contributed by atoms with Gasteiger partial charge in [0.1, 0.15) is 11.6 Å². The number of nitrogens with one attached hydrogen (secondary N) is 2. The standard InChI is InChI=1S/2C21H22N2O3.2Na/c2*24-18-16(19(25)26)17(15-4-2-1-3-5-15)22-20(23-18)21-9-12-6-13(10-21)8-14(7-12)11-21;;/h2*1-5,12-14H,6-11H2,(H,25,26)(H,22,23,24);;/q;;2*+1/p-2. The fourth-order valence-corrected chi connectivity index (χ4v) is 12.2. The van der Waals surface area contributed by atoms with E-state index in [1.165, 1.54) is 38.5 Å². The Kier molecular flexibility index (Phi) is 11.1. The smallest absolute Gasteiger partial charge is 0.545 e. The fraction of sp³-hybridized carbons (Fsp3) is 0.476. The number of aromatic nitrogens is 4. The van der Waals surface area contributed by atoms with Crippen LogP contribution in [0.25, 0.3) is 22.5 Å². The van der Waals surface area contributed by atoms with Crippen LogP contribution in [0, 0.1) is 35.5 Å². The number of carbonyl (C=O) groups excluding carboxylic acids is 2. The van der Waals surface area contributed by atoms with Crippen molar-refractivity contribution in [3.05, 3.63) is 104 Å². The molecular weight excluding hydrogens is 702 g/mol. The van der Waals surface area contributed by atoms with Crippen molar-refractivity contribution < 1.29 is 78.9 Å². The molecule has 12 rings (SSSR count). The predicted octanol–water partition coefficient (Wildman–Crippen LogP) is -1.46. The van der Waals surface area contributed by atoms with Crippen molar-refractivity contribution in [2.45, 2.75) is 87.9 Å². The van der Waals surface area contributed by atoms with E-state index in [1.54, 1.807) is 24.3 Å². The van der Waals surface area contributed by atoms with Crippen molar-refractivity contribution >= 4 is 11.9 Å². The number of carbonyl (C=O) groups is 2. The molecule has 2 aromatic carbocycles. The van der Waals surface area contributed by atoms with E-state index in [0.717, 1.165) is 38.5 Å². The van der Waals surface area contributed by atoms with Crippen LogP contribution in [-0.2, 0) is 10.8 Å². The molecule has 8 saturated carbocycles. The maximum atomic E-state index is 12.7. The van der Waals surface area contributed by atoms with Crippen molar-refractivity contribution in [2.24, 2.45) is 35.5 Å². The topological polar surface area (TPSA) is 172 Å². The second kappa shape index (κ2) is 15.2. The summed E-state index contributed by atoms with van der Waals surface area (Å²) in [5, 5.41) is 23.2. The quantitative estimate of drug-likeness (QED) is 0.226. The first-order valence-electron chi connectivity index (χ1n) is 18.9. The van der Waals surface area contributed by atoms with Crippen molar-refractivity contribution in [3.63, 3.8) is 0 Å². The third kappa shape index (κ3) is 7.05. The number of benzene rings is 2. The van der Waals surface area contributed by atoms with E-state index in [4.69, 9.17) is 9.97 Å². The summed E-state index contributed by atoms with van der Waals surface area (Å²) in [4.78, 5) is 63.7. The molecule has 0 radical (unpaired) electrons. The molecule has 4 aromatic rings. The zero-order valence-electron chi connectivity index (χ0n) is 31.1. The van der Waals surface area contributed by atoms with Crippen molar-refractivity contribution in [2.75, 3.05) is 0 Å². The molecule has 54 heavy (non-hydrogen) atoms. The van der Waals surface area contributed by atoms with Crippen molar-refractivity contribution in [1.29, 1.82) is 0 Å². The number of aromatic carboxylic acids is 2. The van der Waals surface area contributed by atoms with Gasteiger partial charge in [-0.2, -0.15) is 0 Å². The van der Waals surface area contributed by atoms with Gasteiger partial charge in [-0.05, 0) is 113 Å². The molecule has 0 aliphatic heterocycles. The average Bonchev–Trinajstić information content (AvgIpc) is 3.10. The van der Waals surface area contributed by atoms with Gasteiger partial charge in [-0.3, -0.25) is 9.59 Å². The van der Waals surface area contributed by atoms with E-state index >= 15 is 0 Å². The molecule has 8 fully saturated rings. The molecule has 0 saturated heterocycles. The Hall–Kier alpha value is -2.86. The molecule has 2 N–H and O–H groups in total. The van der Waals surface area contributed by atoms with Crippen LogP contribution in [0.5, 0.6) is 0 Å². The minimum absolute atomic E-state index is 0. The normalized spacial score (nSPS) is 30.7. The summed E-state index contributed by atoms with van der Waals surface area (Å²) in [5.74, 6) is 2.71. The Bertz CT molecular complexity index is 1960. The van der Waals surface area contributed by atoms with Gasteiger partial charge in [-0.25, -0.2) is 9.97 Å². The summed E-state index contributed by atoms with van der Waals surface area (Å²) < 4.78 is 0. The van der Waals surface area contributed by atoms with Gasteiger partial charge in [0, 0.05) is 22.0 Å². The monoisotopic (exact) mass is 744 g/mol. The Morgan fingerprint density at radius 1 is 0.519 bits per heavy atom. The second-order valence-corrected chi connectivity index (χ2v) is 17.0. The second-order valence-electron chi connectivity index (χ2n) is 17.0. The maximum absolute atomic E-state index is 12.7. The number of rotatable bonds is 6. The van der Waals surface area contributed by atoms with Crippen LogP contribution < -0.4 is 80.4 Å². The van der Waals surface area contributed by atoms with E-state index in [9.17, 15) is 29.4 Å². The van der Waals surface area contributed by atoms with E-state index in [0.29, 0.717) is 58.3 Å². The summed E-state index contributed by atoms with van der Waals surface area (Å²) in [6.45, 7) is 0. The first-order valence-corrected chi connectivity index (χ1v) is 18.9. The number of H-pyrrole nitrogens is 2. The summed E-state index contributed by atoms with van der Waals surface area (Å²) in [6.07, 6.45) is 14.1.